The molecule has 0 radical (unpaired) electrons. The van der Waals surface area contributed by atoms with Gasteiger partial charge in [-0.2, -0.15) is 4.98 Å². The van der Waals surface area contributed by atoms with Crippen LogP contribution in [0.15, 0.2) is 47.5 Å². The molecule has 0 bridgehead atoms. The third-order valence-corrected chi connectivity index (χ3v) is 11.9. The summed E-state index contributed by atoms with van der Waals surface area (Å²) in [5.74, 6) is 1.66. The van der Waals surface area contributed by atoms with Gasteiger partial charge in [-0.15, -0.1) is 0 Å². The quantitative estimate of drug-likeness (QED) is 0.222. The highest BCUT2D eigenvalue weighted by atomic mass is 16.2. The minimum atomic E-state index is -0.251. The highest BCUT2D eigenvalue weighted by Crippen LogP contribution is 2.33. The van der Waals surface area contributed by atoms with Crippen molar-refractivity contribution in [1.29, 1.82) is 0 Å². The first-order valence-electron chi connectivity index (χ1n) is 19.0. The number of anilines is 4. The van der Waals surface area contributed by atoms with Crippen LogP contribution in [0.4, 0.5) is 23.1 Å². The third-order valence-electron chi connectivity index (χ3n) is 11.9. The van der Waals surface area contributed by atoms with Gasteiger partial charge in [-0.25, -0.2) is 9.97 Å². The van der Waals surface area contributed by atoms with E-state index in [4.69, 9.17) is 9.97 Å². The summed E-state index contributed by atoms with van der Waals surface area (Å²) >= 11 is 0. The predicted molar refractivity (Wildman–Crippen MR) is 204 cm³/mol. The van der Waals surface area contributed by atoms with Crippen LogP contribution in [0.25, 0.3) is 11.0 Å². The van der Waals surface area contributed by atoms with Crippen molar-refractivity contribution < 1.29 is 9.59 Å². The molecular formula is C40H49N9O3. The van der Waals surface area contributed by atoms with Gasteiger partial charge in [0.05, 0.1) is 17.4 Å². The molecule has 3 aliphatic heterocycles. The molecule has 1 saturated carbocycles. The van der Waals surface area contributed by atoms with Gasteiger partial charge in [0.25, 0.3) is 11.5 Å². The fourth-order valence-corrected chi connectivity index (χ4v) is 8.79. The Morgan fingerprint density at radius 3 is 2.33 bits per heavy atom. The van der Waals surface area contributed by atoms with Crippen molar-refractivity contribution in [3.63, 3.8) is 0 Å². The molecule has 0 unspecified atom stereocenters. The minimum Gasteiger partial charge on any atom is -0.370 e. The molecule has 1 aromatic carbocycles. The van der Waals surface area contributed by atoms with Gasteiger partial charge in [-0.3, -0.25) is 23.9 Å². The summed E-state index contributed by atoms with van der Waals surface area (Å²) < 4.78 is 1.74. The number of benzene rings is 1. The van der Waals surface area contributed by atoms with Crippen molar-refractivity contribution in [3.8, 4) is 0 Å². The third kappa shape index (κ3) is 6.64. The van der Waals surface area contributed by atoms with E-state index in [9.17, 15) is 14.4 Å². The lowest BCUT2D eigenvalue weighted by molar-refractivity contribution is 0.0816. The molecule has 272 valence electrons. The number of hydrogen-bond donors (Lipinski definition) is 1. The van der Waals surface area contributed by atoms with Crippen molar-refractivity contribution in [2.45, 2.75) is 71.4 Å². The monoisotopic (exact) mass is 703 g/mol. The van der Waals surface area contributed by atoms with Crippen LogP contribution in [-0.2, 0) is 6.54 Å². The number of carbonyl (C=O) groups is 2. The Hall–Kier alpha value is -4.84. The fraction of sp³-hybridized carbons (Fsp3) is 0.500. The Kier molecular flexibility index (Phi) is 9.42. The molecule has 8 rings (SSSR count). The van der Waals surface area contributed by atoms with E-state index in [0.717, 1.165) is 99.6 Å². The van der Waals surface area contributed by atoms with E-state index in [-0.39, 0.29) is 28.9 Å². The van der Waals surface area contributed by atoms with Gasteiger partial charge in [-0.1, -0.05) is 12.8 Å². The van der Waals surface area contributed by atoms with Gasteiger partial charge >= 0.3 is 0 Å². The van der Waals surface area contributed by atoms with Gasteiger partial charge in [0.1, 0.15) is 11.5 Å². The number of amides is 1. The van der Waals surface area contributed by atoms with Crippen molar-refractivity contribution in [2.75, 3.05) is 68.0 Å². The lowest BCUT2D eigenvalue weighted by Gasteiger charge is -2.38. The Morgan fingerprint density at radius 1 is 0.885 bits per heavy atom. The summed E-state index contributed by atoms with van der Waals surface area (Å²) in [6.07, 6.45) is 11.2. The van der Waals surface area contributed by atoms with Crippen LogP contribution in [0.3, 0.4) is 0 Å². The summed E-state index contributed by atoms with van der Waals surface area (Å²) in [6.45, 7) is 11.4. The number of piperazine rings is 1. The van der Waals surface area contributed by atoms with Gasteiger partial charge in [-0.05, 0) is 99.9 Å². The van der Waals surface area contributed by atoms with Gasteiger partial charge in [0.15, 0.2) is 5.78 Å². The number of aryl methyl sites for hydroxylation is 1. The molecule has 6 heterocycles. The van der Waals surface area contributed by atoms with Crippen molar-refractivity contribution in [1.82, 2.24) is 29.3 Å². The zero-order valence-electron chi connectivity index (χ0n) is 30.6. The molecule has 3 aromatic heterocycles. The molecule has 52 heavy (non-hydrogen) atoms. The molecule has 4 aromatic rings. The van der Waals surface area contributed by atoms with Crippen molar-refractivity contribution >= 4 is 45.9 Å². The second-order valence-electron chi connectivity index (χ2n) is 15.2. The van der Waals surface area contributed by atoms with E-state index in [1.807, 2.05) is 32.3 Å². The van der Waals surface area contributed by atoms with Crippen LogP contribution in [-0.4, -0.2) is 93.9 Å². The molecule has 4 aliphatic rings. The van der Waals surface area contributed by atoms with Crippen molar-refractivity contribution in [3.05, 3.63) is 75.3 Å². The Labute approximate surface area is 304 Å². The standard InChI is InChI=1S/C40H49N9O3/c1-26-34-24-42-40(44-37(34)49(30-6-4-5-7-30)39(52)36(26)27(2)50)43-35-11-9-32(23-41-35)47-16-13-28(14-17-47)12-15-46-18-20-48(21-19-46)31-8-10-33-29(22-31)25-45(3)38(33)51/h8-11,22-24,28,30H,4-7,12-21,25H2,1-3H3,(H,41,42,43,44). The summed E-state index contributed by atoms with van der Waals surface area (Å²) in [6, 6.07) is 10.4. The Balaban J connectivity index is 0.833. The molecule has 0 atom stereocenters. The topological polar surface area (TPSA) is 120 Å². The Bertz CT molecular complexity index is 2040. The molecule has 1 amide bonds. The first-order chi connectivity index (χ1) is 25.2. The normalized spacial score (nSPS) is 18.8. The van der Waals surface area contributed by atoms with Gasteiger partial charge < -0.3 is 20.0 Å². The smallest absolute Gasteiger partial charge is 0.263 e. The van der Waals surface area contributed by atoms with Crippen LogP contribution in [0.5, 0.6) is 0 Å². The number of fused-ring (bicyclic) bond motifs is 2. The van der Waals surface area contributed by atoms with Crippen LogP contribution >= 0.6 is 0 Å². The zero-order chi connectivity index (χ0) is 35.9. The van der Waals surface area contributed by atoms with Crippen LogP contribution in [0, 0.1) is 12.8 Å². The number of piperidine rings is 1. The summed E-state index contributed by atoms with van der Waals surface area (Å²) in [4.78, 5) is 61.6. The number of rotatable bonds is 9. The number of nitrogens with zero attached hydrogens (tertiary/aromatic N) is 8. The molecule has 2 saturated heterocycles. The molecule has 0 spiro atoms. The van der Waals surface area contributed by atoms with Crippen molar-refractivity contribution in [2.24, 2.45) is 5.92 Å². The first-order valence-corrected chi connectivity index (χ1v) is 19.0. The Morgan fingerprint density at radius 2 is 1.62 bits per heavy atom. The summed E-state index contributed by atoms with van der Waals surface area (Å²) in [5, 5.41) is 3.98. The fourth-order valence-electron chi connectivity index (χ4n) is 8.79. The lowest BCUT2D eigenvalue weighted by atomic mass is 9.93. The van der Waals surface area contributed by atoms with E-state index in [1.54, 1.807) is 15.7 Å². The number of Topliss-reactive ketones (excluding diaryl/α,β-unsaturated/α-hetero) is 1. The predicted octanol–water partition coefficient (Wildman–Crippen LogP) is 5.57. The second-order valence-corrected chi connectivity index (χ2v) is 15.2. The van der Waals surface area contributed by atoms with Crippen LogP contribution in [0.2, 0.25) is 0 Å². The summed E-state index contributed by atoms with van der Waals surface area (Å²) in [5.41, 5.74) is 5.54. The number of aromatic nitrogens is 4. The molecule has 12 nitrogen and oxygen atoms in total. The van der Waals surface area contributed by atoms with E-state index in [2.05, 4.69) is 43.2 Å². The van der Waals surface area contributed by atoms with Crippen LogP contribution in [0.1, 0.15) is 89.8 Å². The SMILES string of the molecule is CC(=O)c1c(C)c2cnc(Nc3ccc(N4CCC(CCN5CCN(c6ccc7c(c6)CN(C)C7=O)CC5)CC4)cn3)nc2n(C2CCCC2)c1=O. The number of nitrogens with one attached hydrogen (secondary N) is 1. The zero-order valence-corrected chi connectivity index (χ0v) is 30.6. The maximum atomic E-state index is 13.5. The lowest BCUT2D eigenvalue weighted by Crippen LogP contribution is -2.47. The largest absolute Gasteiger partial charge is 0.370 e. The van der Waals surface area contributed by atoms with E-state index in [1.165, 1.54) is 31.9 Å². The average molecular weight is 704 g/mol. The average Bonchev–Trinajstić information content (AvgIpc) is 3.78. The minimum absolute atomic E-state index is 0.0350. The number of ketones is 1. The molecular weight excluding hydrogens is 654 g/mol. The van der Waals surface area contributed by atoms with Gasteiger partial charge in [0.2, 0.25) is 5.95 Å². The first kappa shape index (κ1) is 34.3. The maximum absolute atomic E-state index is 13.5. The highest BCUT2D eigenvalue weighted by molar-refractivity contribution is 6.00. The number of carbonyl (C=O) groups excluding carboxylic acids is 2. The number of hydrogen-bond acceptors (Lipinski definition) is 10. The van der Waals surface area contributed by atoms with Gasteiger partial charge in [0, 0.05) is 81.7 Å². The van der Waals surface area contributed by atoms with Crippen LogP contribution < -0.4 is 20.7 Å². The van der Waals surface area contributed by atoms with E-state index < -0.39 is 0 Å². The molecule has 3 fully saturated rings. The maximum Gasteiger partial charge on any atom is 0.263 e. The number of pyridine rings is 2. The second kappa shape index (κ2) is 14.3. The summed E-state index contributed by atoms with van der Waals surface area (Å²) in [7, 11) is 1.87. The molecule has 12 heteroatoms. The molecule has 1 aliphatic carbocycles. The molecule has 1 N–H and O–H groups in total. The van der Waals surface area contributed by atoms with E-state index in [0.29, 0.717) is 29.5 Å². The highest BCUT2D eigenvalue weighted by Gasteiger charge is 2.28. The van der Waals surface area contributed by atoms with E-state index >= 15 is 0 Å².